The van der Waals surface area contributed by atoms with Crippen molar-refractivity contribution >= 4 is 14.0 Å². The highest BCUT2D eigenvalue weighted by molar-refractivity contribution is 6.77. The molecule has 0 aromatic carbocycles. The molecule has 1 heterocycles. The first-order chi connectivity index (χ1) is 15.0. The van der Waals surface area contributed by atoms with Crippen LogP contribution < -0.4 is 0 Å². The van der Waals surface area contributed by atoms with Crippen molar-refractivity contribution in [3.63, 3.8) is 0 Å². The number of hydrogen-bond acceptors (Lipinski definition) is 3. The molecule has 32 heavy (non-hydrogen) atoms. The molecular weight excluding hydrogens is 410 g/mol. The van der Waals surface area contributed by atoms with Crippen molar-refractivity contribution in [1.82, 2.24) is 0 Å². The summed E-state index contributed by atoms with van der Waals surface area (Å²) >= 11 is 0. The zero-order valence-electron chi connectivity index (χ0n) is 22.5. The molecule has 3 fully saturated rings. The lowest BCUT2D eigenvalue weighted by Gasteiger charge is -2.57. The molecule has 4 rings (SSSR count). The van der Waals surface area contributed by atoms with Gasteiger partial charge in [0.2, 0.25) is 8.32 Å². The van der Waals surface area contributed by atoms with Crippen LogP contribution >= 0.6 is 0 Å². The van der Waals surface area contributed by atoms with E-state index in [4.69, 9.17) is 14.2 Å². The average molecular weight is 462 g/mol. The molecule has 0 spiro atoms. The molecule has 7 atom stereocenters. The van der Waals surface area contributed by atoms with Gasteiger partial charge in [0.1, 0.15) is 0 Å². The quantitative estimate of drug-likeness (QED) is 0.380. The number of ether oxygens (including phenoxy) is 1. The number of nitrogens with zero attached hydrogens (tertiary/aromatic N) is 1. The van der Waals surface area contributed by atoms with E-state index in [2.05, 4.69) is 55.4 Å². The summed E-state index contributed by atoms with van der Waals surface area (Å²) in [7, 11) is 0.0907. The highest BCUT2D eigenvalue weighted by Gasteiger charge is 2.60. The van der Waals surface area contributed by atoms with Gasteiger partial charge in [-0.15, -0.1) is 0 Å². The van der Waals surface area contributed by atoms with E-state index in [9.17, 15) is 0 Å². The Kier molecular flexibility index (Phi) is 6.84. The third kappa shape index (κ3) is 3.61. The molecule has 0 N–H and O–H groups in total. The first-order valence-corrected chi connectivity index (χ1v) is 15.9. The van der Waals surface area contributed by atoms with E-state index in [1.54, 1.807) is 0 Å². The summed E-state index contributed by atoms with van der Waals surface area (Å²) in [5.41, 5.74) is 4.14. The average Bonchev–Trinajstić information content (AvgIpc) is 3.07. The minimum absolute atomic E-state index is 0.299. The van der Waals surface area contributed by atoms with Crippen molar-refractivity contribution in [1.29, 1.82) is 0 Å². The van der Waals surface area contributed by atoms with Crippen molar-refractivity contribution in [3.05, 3.63) is 0 Å². The molecule has 0 radical (unpaired) electrons. The van der Waals surface area contributed by atoms with Crippen molar-refractivity contribution in [2.75, 3.05) is 13.7 Å². The monoisotopic (exact) mass is 461 g/mol. The SMILES string of the molecule is COC1CC[C@H]2[C@@H]3CN=C4CC(O[Si](C(C)C)(C(C)C)C(C)C)CC[C@]4(C)[C@@H]3CC[C@]12C. The second kappa shape index (κ2) is 8.79. The largest absolute Gasteiger partial charge is 0.413 e. The summed E-state index contributed by atoms with van der Waals surface area (Å²) in [4.78, 5) is 5.38. The van der Waals surface area contributed by atoms with Crippen LogP contribution in [0, 0.1) is 28.6 Å². The molecule has 3 aliphatic carbocycles. The summed E-state index contributed by atoms with van der Waals surface area (Å²) < 4.78 is 13.2. The Bertz CT molecular complexity index is 696. The van der Waals surface area contributed by atoms with E-state index >= 15 is 0 Å². The maximum absolute atomic E-state index is 7.25. The Hall–Kier alpha value is -0.193. The highest BCUT2D eigenvalue weighted by Crippen LogP contribution is 2.62. The lowest BCUT2D eigenvalue weighted by molar-refractivity contribution is -0.0720. The predicted octanol–water partition coefficient (Wildman–Crippen LogP) is 7.65. The van der Waals surface area contributed by atoms with Crippen LogP contribution in [-0.4, -0.2) is 39.9 Å². The topological polar surface area (TPSA) is 30.8 Å². The second-order valence-corrected chi connectivity index (χ2v) is 18.6. The van der Waals surface area contributed by atoms with E-state index < -0.39 is 8.32 Å². The molecule has 0 bridgehead atoms. The molecule has 4 heteroatoms. The van der Waals surface area contributed by atoms with Crippen molar-refractivity contribution in [3.8, 4) is 0 Å². The lowest BCUT2D eigenvalue weighted by Crippen LogP contribution is -2.57. The van der Waals surface area contributed by atoms with Crippen LogP contribution in [0.15, 0.2) is 4.99 Å². The molecule has 184 valence electrons. The Morgan fingerprint density at radius 2 is 1.53 bits per heavy atom. The number of methoxy groups -OCH3 is 1. The first kappa shape index (κ1) is 24.9. The Labute approximate surface area is 199 Å². The van der Waals surface area contributed by atoms with Crippen LogP contribution in [0.1, 0.15) is 100 Å². The summed E-state index contributed by atoms with van der Waals surface area (Å²) in [6, 6.07) is 0. The van der Waals surface area contributed by atoms with Gasteiger partial charge in [0.15, 0.2) is 0 Å². The van der Waals surface area contributed by atoms with Crippen LogP contribution in [-0.2, 0) is 9.16 Å². The van der Waals surface area contributed by atoms with Crippen molar-refractivity contribution in [2.45, 2.75) is 129 Å². The van der Waals surface area contributed by atoms with Gasteiger partial charge in [-0.2, -0.15) is 0 Å². The molecule has 0 amide bonds. The van der Waals surface area contributed by atoms with E-state index in [1.807, 2.05) is 7.11 Å². The van der Waals surface area contributed by atoms with Gasteiger partial charge in [0, 0.05) is 31.2 Å². The number of hydrogen-bond donors (Lipinski definition) is 0. The number of fused-ring (bicyclic) bond motifs is 5. The molecule has 0 aromatic heterocycles. The minimum atomic E-state index is -1.84. The maximum Gasteiger partial charge on any atom is 0.200 e. The number of rotatable bonds is 6. The highest BCUT2D eigenvalue weighted by atomic mass is 28.4. The van der Waals surface area contributed by atoms with E-state index in [0.29, 0.717) is 39.7 Å². The molecule has 1 aliphatic heterocycles. The summed E-state index contributed by atoms with van der Waals surface area (Å²) in [6.45, 7) is 20.6. The van der Waals surface area contributed by atoms with Gasteiger partial charge in [-0.1, -0.05) is 55.4 Å². The Morgan fingerprint density at radius 1 is 0.875 bits per heavy atom. The standard InChI is InChI=1S/C28H51NO2Si/c1-18(2)32(19(3)4,20(5)6)31-21-12-14-27(7)24-13-15-28(8)23(10-11-26(28)30-9)22(24)17-29-25(27)16-21/h18-24,26H,10-17H2,1-9H3/t21?,22-,23-,24+,26?,27+,28-/m0/s1. The van der Waals surface area contributed by atoms with E-state index in [-0.39, 0.29) is 0 Å². The van der Waals surface area contributed by atoms with Crippen molar-refractivity contribution < 1.29 is 9.16 Å². The van der Waals surface area contributed by atoms with Crippen LogP contribution in [0.5, 0.6) is 0 Å². The molecule has 0 saturated heterocycles. The van der Waals surface area contributed by atoms with Gasteiger partial charge in [0.25, 0.3) is 0 Å². The maximum atomic E-state index is 7.25. The third-order valence-corrected chi connectivity index (χ3v) is 17.2. The summed E-state index contributed by atoms with van der Waals surface area (Å²) in [6.07, 6.45) is 9.71. The summed E-state index contributed by atoms with van der Waals surface area (Å²) in [5.74, 6) is 2.37. The van der Waals surface area contributed by atoms with Gasteiger partial charge in [-0.25, -0.2) is 0 Å². The summed E-state index contributed by atoms with van der Waals surface area (Å²) in [5, 5.41) is 0. The fraction of sp³-hybridized carbons (Fsp3) is 0.964. The normalized spacial score (nSPS) is 42.1. The molecule has 2 unspecified atom stereocenters. The fourth-order valence-corrected chi connectivity index (χ4v) is 15.1. The zero-order chi connectivity index (χ0) is 23.5. The molecule has 4 aliphatic rings. The lowest BCUT2D eigenvalue weighted by atomic mass is 9.50. The smallest absolute Gasteiger partial charge is 0.200 e. The van der Waals surface area contributed by atoms with Gasteiger partial charge in [-0.3, -0.25) is 4.99 Å². The third-order valence-electron chi connectivity index (χ3n) is 11.1. The van der Waals surface area contributed by atoms with Crippen LogP contribution in [0.4, 0.5) is 0 Å². The van der Waals surface area contributed by atoms with Crippen molar-refractivity contribution in [2.24, 2.45) is 33.6 Å². The van der Waals surface area contributed by atoms with Crippen LogP contribution in [0.2, 0.25) is 16.6 Å². The van der Waals surface area contributed by atoms with E-state index in [1.165, 1.54) is 44.2 Å². The molecule has 0 aromatic rings. The Balaban J connectivity index is 1.54. The zero-order valence-corrected chi connectivity index (χ0v) is 23.5. The second-order valence-electron chi connectivity index (χ2n) is 13.2. The van der Waals surface area contributed by atoms with Gasteiger partial charge in [-0.05, 0) is 78.3 Å². The molecule has 3 saturated carbocycles. The Morgan fingerprint density at radius 3 is 2.12 bits per heavy atom. The van der Waals surface area contributed by atoms with Gasteiger partial charge >= 0.3 is 0 Å². The fourth-order valence-electron chi connectivity index (χ4n) is 9.49. The first-order valence-electron chi connectivity index (χ1n) is 13.7. The van der Waals surface area contributed by atoms with Crippen LogP contribution in [0.25, 0.3) is 0 Å². The van der Waals surface area contributed by atoms with E-state index in [0.717, 1.165) is 30.7 Å². The van der Waals surface area contributed by atoms with Gasteiger partial charge in [0.05, 0.1) is 12.2 Å². The molecular formula is C28H51NO2Si. The minimum Gasteiger partial charge on any atom is -0.413 e. The molecule has 3 nitrogen and oxygen atoms in total. The predicted molar refractivity (Wildman–Crippen MR) is 138 cm³/mol. The van der Waals surface area contributed by atoms with Crippen LogP contribution in [0.3, 0.4) is 0 Å². The number of aliphatic imine (C=N–C) groups is 1. The van der Waals surface area contributed by atoms with Gasteiger partial charge < -0.3 is 9.16 Å².